The molecule has 0 N–H and O–H groups in total. The number of hydrogen-bond donors (Lipinski definition) is 0. The predicted molar refractivity (Wildman–Crippen MR) is 56.2 cm³/mol. The number of halogens is 1. The summed E-state index contributed by atoms with van der Waals surface area (Å²) in [6, 6.07) is 0. The molecule has 2 unspecified atom stereocenters. The van der Waals surface area contributed by atoms with Crippen molar-refractivity contribution in [2.45, 2.75) is 40.5 Å². The van der Waals surface area contributed by atoms with Crippen LogP contribution in [0.2, 0.25) is 0 Å². The molecule has 0 bridgehead atoms. The number of rotatable bonds is 5. The van der Waals surface area contributed by atoms with Gasteiger partial charge < -0.3 is 0 Å². The van der Waals surface area contributed by atoms with Gasteiger partial charge in [-0.2, -0.15) is 0 Å². The quantitative estimate of drug-likeness (QED) is 0.613. The Balaban J connectivity index is 3.68. The molecule has 0 aromatic carbocycles. The van der Waals surface area contributed by atoms with E-state index in [4.69, 9.17) is 0 Å². The van der Waals surface area contributed by atoms with Gasteiger partial charge in [0.25, 0.3) is 0 Å². The van der Waals surface area contributed by atoms with Crippen molar-refractivity contribution in [2.75, 3.05) is 5.33 Å². The highest BCUT2D eigenvalue weighted by Crippen LogP contribution is 2.23. The topological polar surface area (TPSA) is 0 Å². The fraction of sp³-hybridized carbons (Fsp3) is 1.00. The van der Waals surface area contributed by atoms with Crippen LogP contribution < -0.4 is 0 Å². The zero-order valence-corrected chi connectivity index (χ0v) is 9.82. The smallest absolute Gasteiger partial charge is 0.00622 e. The highest BCUT2D eigenvalue weighted by Gasteiger charge is 2.14. The van der Waals surface area contributed by atoms with Crippen LogP contribution in [0.15, 0.2) is 0 Å². The summed E-state index contributed by atoms with van der Waals surface area (Å²) in [4.78, 5) is 0. The Morgan fingerprint density at radius 2 is 1.73 bits per heavy atom. The second-order valence-electron chi connectivity index (χ2n) is 3.91. The van der Waals surface area contributed by atoms with E-state index in [-0.39, 0.29) is 0 Å². The lowest BCUT2D eigenvalue weighted by Crippen LogP contribution is -2.13. The molecule has 0 radical (unpaired) electrons. The molecule has 0 heterocycles. The van der Waals surface area contributed by atoms with Crippen LogP contribution in [0.4, 0.5) is 0 Å². The van der Waals surface area contributed by atoms with Crippen LogP contribution in [-0.4, -0.2) is 5.33 Å². The zero-order chi connectivity index (χ0) is 8.85. The first kappa shape index (κ1) is 11.5. The van der Waals surface area contributed by atoms with E-state index in [9.17, 15) is 0 Å². The van der Waals surface area contributed by atoms with Gasteiger partial charge in [0.2, 0.25) is 0 Å². The van der Waals surface area contributed by atoms with Gasteiger partial charge in [-0.3, -0.25) is 0 Å². The second kappa shape index (κ2) is 6.05. The normalized spacial score (nSPS) is 16.9. The molecule has 0 aromatic heterocycles. The Morgan fingerprint density at radius 3 is 2.00 bits per heavy atom. The Kier molecular flexibility index (Phi) is 6.31. The van der Waals surface area contributed by atoms with Crippen LogP contribution in [0.1, 0.15) is 40.5 Å². The molecule has 0 aromatic rings. The summed E-state index contributed by atoms with van der Waals surface area (Å²) in [5.74, 6) is 2.58. The van der Waals surface area contributed by atoms with Crippen molar-refractivity contribution >= 4 is 15.9 Å². The molecule has 0 fully saturated rings. The minimum absolute atomic E-state index is 0.823. The minimum atomic E-state index is 0.823. The van der Waals surface area contributed by atoms with E-state index < -0.39 is 0 Å². The molecule has 0 saturated heterocycles. The SMILES string of the molecule is CCC(C)CC(CBr)C(C)C. The fourth-order valence-electron chi connectivity index (χ4n) is 1.20. The van der Waals surface area contributed by atoms with E-state index >= 15 is 0 Å². The molecule has 1 heteroatoms. The standard InChI is InChI=1S/C10H21Br/c1-5-9(4)6-10(7-11)8(2)3/h8-10H,5-7H2,1-4H3. The Morgan fingerprint density at radius 1 is 1.18 bits per heavy atom. The van der Waals surface area contributed by atoms with Gasteiger partial charge in [-0.25, -0.2) is 0 Å². The first-order valence-corrected chi connectivity index (χ1v) is 5.79. The summed E-state index contributed by atoms with van der Waals surface area (Å²) in [5, 5.41) is 1.16. The zero-order valence-electron chi connectivity index (χ0n) is 8.23. The van der Waals surface area contributed by atoms with Gasteiger partial charge >= 0.3 is 0 Å². The molecular formula is C10H21Br. The first-order valence-electron chi connectivity index (χ1n) is 4.67. The van der Waals surface area contributed by atoms with Crippen molar-refractivity contribution in [3.63, 3.8) is 0 Å². The van der Waals surface area contributed by atoms with Gasteiger partial charge in [-0.15, -0.1) is 0 Å². The van der Waals surface area contributed by atoms with Crippen molar-refractivity contribution in [3.8, 4) is 0 Å². The van der Waals surface area contributed by atoms with Gasteiger partial charge in [-0.1, -0.05) is 50.0 Å². The van der Waals surface area contributed by atoms with E-state index in [1.165, 1.54) is 12.8 Å². The maximum absolute atomic E-state index is 3.57. The molecule has 68 valence electrons. The highest BCUT2D eigenvalue weighted by atomic mass is 79.9. The minimum Gasteiger partial charge on any atom is -0.0925 e. The Bertz CT molecular complexity index is 88.9. The Labute approximate surface area is 79.9 Å². The van der Waals surface area contributed by atoms with Crippen LogP contribution in [0.5, 0.6) is 0 Å². The summed E-state index contributed by atoms with van der Waals surface area (Å²) < 4.78 is 0. The average molecular weight is 221 g/mol. The average Bonchev–Trinajstić information content (AvgIpc) is 1.99. The third-order valence-electron chi connectivity index (χ3n) is 2.54. The number of hydrogen-bond acceptors (Lipinski definition) is 0. The molecule has 0 amide bonds. The third-order valence-corrected chi connectivity index (χ3v) is 3.37. The maximum Gasteiger partial charge on any atom is 0.00622 e. The molecule has 11 heavy (non-hydrogen) atoms. The summed E-state index contributed by atoms with van der Waals surface area (Å²) in [6.07, 6.45) is 2.69. The van der Waals surface area contributed by atoms with Crippen molar-refractivity contribution in [1.82, 2.24) is 0 Å². The summed E-state index contributed by atoms with van der Waals surface area (Å²) in [6.45, 7) is 9.25. The summed E-state index contributed by atoms with van der Waals surface area (Å²) in [7, 11) is 0. The maximum atomic E-state index is 3.57. The van der Waals surface area contributed by atoms with Crippen LogP contribution in [0.25, 0.3) is 0 Å². The molecule has 2 atom stereocenters. The summed E-state index contributed by atoms with van der Waals surface area (Å²) in [5.41, 5.74) is 0. The van der Waals surface area contributed by atoms with Gasteiger partial charge in [0.1, 0.15) is 0 Å². The fourth-order valence-corrected chi connectivity index (χ4v) is 2.21. The molecule has 0 rings (SSSR count). The van der Waals surface area contributed by atoms with Crippen molar-refractivity contribution < 1.29 is 0 Å². The first-order chi connectivity index (χ1) is 5.11. The van der Waals surface area contributed by atoms with Gasteiger partial charge in [0, 0.05) is 5.33 Å². The third kappa shape index (κ3) is 4.84. The van der Waals surface area contributed by atoms with Crippen molar-refractivity contribution in [2.24, 2.45) is 17.8 Å². The highest BCUT2D eigenvalue weighted by molar-refractivity contribution is 9.09. The van der Waals surface area contributed by atoms with Crippen LogP contribution >= 0.6 is 15.9 Å². The van der Waals surface area contributed by atoms with E-state index in [1.807, 2.05) is 0 Å². The van der Waals surface area contributed by atoms with Crippen LogP contribution in [0, 0.1) is 17.8 Å². The second-order valence-corrected chi connectivity index (χ2v) is 4.56. The molecular weight excluding hydrogens is 200 g/mol. The Hall–Kier alpha value is 0.480. The van der Waals surface area contributed by atoms with E-state index in [1.54, 1.807) is 0 Å². The van der Waals surface area contributed by atoms with Crippen molar-refractivity contribution in [1.29, 1.82) is 0 Å². The van der Waals surface area contributed by atoms with Crippen LogP contribution in [0.3, 0.4) is 0 Å². The van der Waals surface area contributed by atoms with E-state index in [2.05, 4.69) is 43.6 Å². The summed E-state index contributed by atoms with van der Waals surface area (Å²) >= 11 is 3.57. The monoisotopic (exact) mass is 220 g/mol. The van der Waals surface area contributed by atoms with Crippen molar-refractivity contribution in [3.05, 3.63) is 0 Å². The number of alkyl halides is 1. The van der Waals surface area contributed by atoms with Gasteiger partial charge in [0.15, 0.2) is 0 Å². The lowest BCUT2D eigenvalue weighted by molar-refractivity contribution is 0.334. The van der Waals surface area contributed by atoms with Gasteiger partial charge in [0.05, 0.1) is 0 Å². The molecule has 0 saturated carbocycles. The molecule has 0 aliphatic heterocycles. The van der Waals surface area contributed by atoms with E-state index in [0.717, 1.165) is 23.1 Å². The molecule has 0 spiro atoms. The molecule has 0 aliphatic carbocycles. The van der Waals surface area contributed by atoms with Gasteiger partial charge in [-0.05, 0) is 24.2 Å². The largest absolute Gasteiger partial charge is 0.0925 e. The molecule has 0 nitrogen and oxygen atoms in total. The predicted octanol–water partition coefficient (Wildman–Crippen LogP) is 4.09. The van der Waals surface area contributed by atoms with E-state index in [0.29, 0.717) is 0 Å². The lowest BCUT2D eigenvalue weighted by atomic mass is 9.88. The lowest BCUT2D eigenvalue weighted by Gasteiger charge is -2.21. The molecule has 0 aliphatic rings. The van der Waals surface area contributed by atoms with Crippen LogP contribution in [-0.2, 0) is 0 Å².